The fraction of sp³-hybridized carbons (Fsp3) is 0.467. The Kier molecular flexibility index (Phi) is 2.94. The van der Waals surface area contributed by atoms with Gasteiger partial charge in [-0.25, -0.2) is 14.6 Å². The van der Waals surface area contributed by atoms with Gasteiger partial charge in [-0.15, -0.1) is 0 Å². The molecule has 0 N–H and O–H groups in total. The molecule has 0 bridgehead atoms. The lowest BCUT2D eigenvalue weighted by molar-refractivity contribution is 0.332. The Morgan fingerprint density at radius 1 is 1.19 bits per heavy atom. The fourth-order valence-electron chi connectivity index (χ4n) is 2.72. The molecule has 2 fully saturated rings. The first kappa shape index (κ1) is 12.5. The van der Waals surface area contributed by atoms with Gasteiger partial charge in [0.15, 0.2) is 0 Å². The molecule has 1 saturated carbocycles. The van der Waals surface area contributed by atoms with Crippen molar-refractivity contribution in [1.82, 2.24) is 19.7 Å². The highest BCUT2D eigenvalue weighted by molar-refractivity contribution is 5.41. The van der Waals surface area contributed by atoms with Crippen molar-refractivity contribution in [2.24, 2.45) is 5.92 Å². The van der Waals surface area contributed by atoms with E-state index in [2.05, 4.69) is 20.0 Å². The molecule has 6 nitrogen and oxygen atoms in total. The number of aromatic nitrogens is 4. The summed E-state index contributed by atoms with van der Waals surface area (Å²) < 4.78 is 1.54. The topological polar surface area (TPSA) is 63.9 Å². The zero-order valence-corrected chi connectivity index (χ0v) is 11.7. The van der Waals surface area contributed by atoms with Gasteiger partial charge in [0.2, 0.25) is 0 Å². The largest absolute Gasteiger partial charge is 0.356 e. The Labute approximate surface area is 122 Å². The Morgan fingerprint density at radius 3 is 2.81 bits per heavy atom. The quantitative estimate of drug-likeness (QED) is 0.839. The Hall–Kier alpha value is -2.24. The summed E-state index contributed by atoms with van der Waals surface area (Å²) in [5.41, 5.74) is -0.0333. The van der Waals surface area contributed by atoms with Gasteiger partial charge in [-0.3, -0.25) is 4.79 Å². The first-order valence-electron chi connectivity index (χ1n) is 7.39. The van der Waals surface area contributed by atoms with E-state index in [1.165, 1.54) is 17.5 Å². The molecule has 2 aliphatic rings. The molecule has 1 saturated heterocycles. The molecule has 1 aliphatic carbocycles. The van der Waals surface area contributed by atoms with Crippen molar-refractivity contribution in [3.8, 4) is 0 Å². The van der Waals surface area contributed by atoms with Crippen LogP contribution in [0.2, 0.25) is 0 Å². The zero-order chi connectivity index (χ0) is 14.2. The fourth-order valence-corrected chi connectivity index (χ4v) is 2.72. The number of anilines is 1. The summed E-state index contributed by atoms with van der Waals surface area (Å²) in [6.07, 6.45) is 5.94. The second-order valence-electron chi connectivity index (χ2n) is 5.86. The summed E-state index contributed by atoms with van der Waals surface area (Å²) in [7, 11) is 0. The maximum atomic E-state index is 11.6. The van der Waals surface area contributed by atoms with Gasteiger partial charge in [0.05, 0.1) is 6.54 Å². The summed E-state index contributed by atoms with van der Waals surface area (Å²) in [6, 6.07) is 5.19. The van der Waals surface area contributed by atoms with Gasteiger partial charge in [0.25, 0.3) is 5.56 Å². The number of rotatable bonds is 4. The van der Waals surface area contributed by atoms with Crippen molar-refractivity contribution in [2.45, 2.75) is 25.3 Å². The smallest absolute Gasteiger partial charge is 0.266 e. The molecule has 0 radical (unpaired) electrons. The molecule has 0 unspecified atom stereocenters. The van der Waals surface area contributed by atoms with Crippen LogP contribution in [0.15, 0.2) is 35.4 Å². The van der Waals surface area contributed by atoms with Crippen molar-refractivity contribution in [2.75, 3.05) is 18.0 Å². The van der Waals surface area contributed by atoms with Crippen LogP contribution in [0.1, 0.15) is 24.6 Å². The van der Waals surface area contributed by atoms with Crippen LogP contribution in [0.4, 0.5) is 5.82 Å². The molecule has 0 aromatic carbocycles. The third-order valence-corrected chi connectivity index (χ3v) is 4.10. The molecule has 2 aromatic rings. The maximum Gasteiger partial charge on any atom is 0.266 e. The molecule has 3 heterocycles. The summed E-state index contributed by atoms with van der Waals surface area (Å²) in [5.74, 6) is 3.03. The number of hydrogen-bond donors (Lipinski definition) is 0. The van der Waals surface area contributed by atoms with E-state index in [1.54, 1.807) is 18.3 Å². The lowest BCUT2D eigenvalue weighted by Gasteiger charge is -2.40. The predicted octanol–water partition coefficient (Wildman–Crippen LogP) is 1.05. The van der Waals surface area contributed by atoms with E-state index in [4.69, 9.17) is 0 Å². The molecule has 6 heteroatoms. The summed E-state index contributed by atoms with van der Waals surface area (Å²) in [4.78, 5) is 22.9. The van der Waals surface area contributed by atoms with E-state index in [-0.39, 0.29) is 5.56 Å². The molecule has 4 rings (SSSR count). The number of hydrogen-bond acceptors (Lipinski definition) is 5. The molecule has 1 aliphatic heterocycles. The van der Waals surface area contributed by atoms with Gasteiger partial charge >= 0.3 is 0 Å². The van der Waals surface area contributed by atoms with Gasteiger partial charge in [-0.05, 0) is 25.0 Å². The summed E-state index contributed by atoms with van der Waals surface area (Å²) in [6.45, 7) is 2.52. The number of nitrogens with zero attached hydrogens (tertiary/aromatic N) is 5. The van der Waals surface area contributed by atoms with E-state index in [9.17, 15) is 4.79 Å². The zero-order valence-electron chi connectivity index (χ0n) is 11.7. The highest BCUT2D eigenvalue weighted by atomic mass is 16.1. The molecule has 0 atom stereocenters. The van der Waals surface area contributed by atoms with Gasteiger partial charge in [-0.2, -0.15) is 5.10 Å². The van der Waals surface area contributed by atoms with Crippen molar-refractivity contribution in [3.63, 3.8) is 0 Å². The average Bonchev–Trinajstić information content (AvgIpc) is 3.29. The second kappa shape index (κ2) is 4.95. The van der Waals surface area contributed by atoms with E-state index in [1.807, 2.05) is 12.3 Å². The van der Waals surface area contributed by atoms with Gasteiger partial charge in [0.1, 0.15) is 11.6 Å². The Morgan fingerprint density at radius 2 is 2.05 bits per heavy atom. The van der Waals surface area contributed by atoms with Crippen LogP contribution < -0.4 is 10.5 Å². The SMILES string of the molecule is O=c1cccnn1CC1CN(c2ccnc(C3CC3)n2)C1. The molecule has 108 valence electrons. The van der Waals surface area contributed by atoms with Crippen LogP contribution in [0.25, 0.3) is 0 Å². The normalized spacial score (nSPS) is 18.6. The van der Waals surface area contributed by atoms with Crippen LogP contribution in [0.5, 0.6) is 0 Å². The van der Waals surface area contributed by atoms with Crippen LogP contribution in [0, 0.1) is 5.92 Å². The molecule has 0 amide bonds. The molecular weight excluding hydrogens is 266 g/mol. The monoisotopic (exact) mass is 283 g/mol. The highest BCUT2D eigenvalue weighted by Crippen LogP contribution is 2.38. The van der Waals surface area contributed by atoms with Crippen LogP contribution >= 0.6 is 0 Å². The van der Waals surface area contributed by atoms with Crippen molar-refractivity contribution >= 4 is 5.82 Å². The Balaban J connectivity index is 1.40. The minimum Gasteiger partial charge on any atom is -0.356 e. The molecular formula is C15H17N5O. The first-order chi connectivity index (χ1) is 10.3. The highest BCUT2D eigenvalue weighted by Gasteiger charge is 2.31. The van der Waals surface area contributed by atoms with Gasteiger partial charge < -0.3 is 4.90 Å². The third-order valence-electron chi connectivity index (χ3n) is 4.10. The van der Waals surface area contributed by atoms with Crippen molar-refractivity contribution in [1.29, 1.82) is 0 Å². The van der Waals surface area contributed by atoms with Crippen LogP contribution in [-0.4, -0.2) is 32.8 Å². The van der Waals surface area contributed by atoms with Gasteiger partial charge in [0, 0.05) is 43.4 Å². The van der Waals surface area contributed by atoms with Crippen molar-refractivity contribution < 1.29 is 0 Å². The summed E-state index contributed by atoms with van der Waals surface area (Å²) in [5, 5.41) is 4.10. The van der Waals surface area contributed by atoms with Crippen LogP contribution in [-0.2, 0) is 6.54 Å². The van der Waals surface area contributed by atoms with E-state index >= 15 is 0 Å². The van der Waals surface area contributed by atoms with Crippen molar-refractivity contribution in [3.05, 3.63) is 46.8 Å². The minimum absolute atomic E-state index is 0.0333. The minimum atomic E-state index is -0.0333. The maximum absolute atomic E-state index is 11.6. The van der Waals surface area contributed by atoms with Crippen LogP contribution in [0.3, 0.4) is 0 Å². The predicted molar refractivity (Wildman–Crippen MR) is 78.2 cm³/mol. The summed E-state index contributed by atoms with van der Waals surface area (Å²) >= 11 is 0. The first-order valence-corrected chi connectivity index (χ1v) is 7.39. The molecule has 21 heavy (non-hydrogen) atoms. The Bertz CT molecular complexity index is 703. The van der Waals surface area contributed by atoms with E-state index < -0.39 is 0 Å². The van der Waals surface area contributed by atoms with Gasteiger partial charge in [-0.1, -0.05) is 0 Å². The van der Waals surface area contributed by atoms with E-state index in [0.717, 1.165) is 24.7 Å². The lowest BCUT2D eigenvalue weighted by atomic mass is 10.0. The average molecular weight is 283 g/mol. The third kappa shape index (κ3) is 2.53. The lowest BCUT2D eigenvalue weighted by Crippen LogP contribution is -2.50. The van der Waals surface area contributed by atoms with E-state index in [0.29, 0.717) is 18.4 Å². The molecule has 0 spiro atoms. The molecule has 2 aromatic heterocycles. The second-order valence-corrected chi connectivity index (χ2v) is 5.86. The standard InChI is InChI=1S/C15H17N5O/c21-14-2-1-6-17-20(14)10-11-8-19(9-11)13-5-7-16-15(18-13)12-3-4-12/h1-2,5-7,11-12H,3-4,8-10H2.